The molecule has 0 aliphatic rings. The molecule has 0 spiro atoms. The minimum Gasteiger partial charge on any atom is -0.268 e. The average Bonchev–Trinajstić information content (AvgIpc) is 2.39. The van der Waals surface area contributed by atoms with Crippen molar-refractivity contribution in [2.75, 3.05) is 11.4 Å². The average molecular weight is 387 g/mol. The van der Waals surface area contributed by atoms with Crippen molar-refractivity contribution >= 4 is 38.3 Å². The number of anilines is 1. The van der Waals surface area contributed by atoms with Crippen molar-refractivity contribution < 1.29 is 8.42 Å². The number of rotatable bonds is 3. The van der Waals surface area contributed by atoms with E-state index in [-0.39, 0.29) is 0 Å². The SMILES string of the molecule is Cc1ccc(S(=O)(=O)N(C)c2ccccc2I)cc1. The highest BCUT2D eigenvalue weighted by Gasteiger charge is 2.22. The Hall–Kier alpha value is -1.08. The van der Waals surface area contributed by atoms with Gasteiger partial charge in [-0.3, -0.25) is 4.31 Å². The van der Waals surface area contributed by atoms with E-state index in [1.54, 1.807) is 37.4 Å². The minimum atomic E-state index is -3.50. The van der Waals surface area contributed by atoms with Gasteiger partial charge in [-0.15, -0.1) is 0 Å². The summed E-state index contributed by atoms with van der Waals surface area (Å²) in [7, 11) is -1.93. The van der Waals surface area contributed by atoms with E-state index >= 15 is 0 Å². The van der Waals surface area contributed by atoms with Crippen molar-refractivity contribution in [2.45, 2.75) is 11.8 Å². The van der Waals surface area contributed by atoms with Crippen LogP contribution in [0.5, 0.6) is 0 Å². The van der Waals surface area contributed by atoms with Gasteiger partial charge in [-0.1, -0.05) is 29.8 Å². The first-order chi connectivity index (χ1) is 8.93. The third-order valence-corrected chi connectivity index (χ3v) is 5.57. The molecule has 0 aromatic heterocycles. The van der Waals surface area contributed by atoms with Gasteiger partial charge in [0, 0.05) is 10.6 Å². The zero-order valence-corrected chi connectivity index (χ0v) is 13.6. The van der Waals surface area contributed by atoms with Crippen LogP contribution in [-0.4, -0.2) is 15.5 Å². The van der Waals surface area contributed by atoms with Crippen molar-refractivity contribution in [2.24, 2.45) is 0 Å². The van der Waals surface area contributed by atoms with Gasteiger partial charge in [-0.05, 0) is 53.8 Å². The van der Waals surface area contributed by atoms with Crippen LogP contribution in [0.1, 0.15) is 5.56 Å². The van der Waals surface area contributed by atoms with Crippen LogP contribution in [0.15, 0.2) is 53.4 Å². The van der Waals surface area contributed by atoms with Gasteiger partial charge in [-0.25, -0.2) is 8.42 Å². The topological polar surface area (TPSA) is 37.4 Å². The predicted molar refractivity (Wildman–Crippen MR) is 85.9 cm³/mol. The zero-order valence-electron chi connectivity index (χ0n) is 10.7. The van der Waals surface area contributed by atoms with Crippen LogP contribution in [0.25, 0.3) is 0 Å². The highest BCUT2D eigenvalue weighted by atomic mass is 127. The van der Waals surface area contributed by atoms with Crippen LogP contribution in [0, 0.1) is 10.5 Å². The van der Waals surface area contributed by atoms with Crippen molar-refractivity contribution in [1.82, 2.24) is 0 Å². The Bertz CT molecular complexity index is 681. The Balaban J connectivity index is 2.45. The maximum Gasteiger partial charge on any atom is 0.264 e. The van der Waals surface area contributed by atoms with Crippen LogP contribution in [0.2, 0.25) is 0 Å². The zero-order chi connectivity index (χ0) is 14.0. The summed E-state index contributed by atoms with van der Waals surface area (Å²) in [6.45, 7) is 1.93. The third kappa shape index (κ3) is 2.92. The lowest BCUT2D eigenvalue weighted by atomic mass is 10.2. The summed E-state index contributed by atoms with van der Waals surface area (Å²) in [5.74, 6) is 0. The smallest absolute Gasteiger partial charge is 0.264 e. The molecule has 2 aromatic carbocycles. The second-order valence-corrected chi connectivity index (χ2v) is 7.37. The van der Waals surface area contributed by atoms with E-state index in [1.807, 2.05) is 25.1 Å². The number of hydrogen-bond donors (Lipinski definition) is 0. The number of halogens is 1. The molecule has 0 bridgehead atoms. The van der Waals surface area contributed by atoms with Gasteiger partial charge >= 0.3 is 0 Å². The molecule has 2 rings (SSSR count). The minimum absolute atomic E-state index is 0.306. The summed E-state index contributed by atoms with van der Waals surface area (Å²) in [6.07, 6.45) is 0. The summed E-state index contributed by atoms with van der Waals surface area (Å²) in [5, 5.41) is 0. The van der Waals surface area contributed by atoms with Crippen molar-refractivity contribution in [3.8, 4) is 0 Å². The number of para-hydroxylation sites is 1. The van der Waals surface area contributed by atoms with Gasteiger partial charge in [0.1, 0.15) is 0 Å². The molecule has 100 valence electrons. The Labute approximate surface area is 127 Å². The fourth-order valence-corrected chi connectivity index (χ4v) is 3.83. The molecule has 5 heteroatoms. The Morgan fingerprint density at radius 1 is 1.00 bits per heavy atom. The first-order valence-corrected chi connectivity index (χ1v) is 8.25. The van der Waals surface area contributed by atoms with E-state index < -0.39 is 10.0 Å². The van der Waals surface area contributed by atoms with Crippen LogP contribution in [-0.2, 0) is 10.0 Å². The quantitative estimate of drug-likeness (QED) is 0.757. The molecule has 2 aromatic rings. The highest BCUT2D eigenvalue weighted by molar-refractivity contribution is 14.1. The van der Waals surface area contributed by atoms with Gasteiger partial charge in [0.15, 0.2) is 0 Å². The molecule has 0 saturated heterocycles. The Kier molecular flexibility index (Phi) is 4.15. The van der Waals surface area contributed by atoms with Crippen LogP contribution >= 0.6 is 22.6 Å². The van der Waals surface area contributed by atoms with Gasteiger partial charge in [-0.2, -0.15) is 0 Å². The van der Waals surface area contributed by atoms with E-state index in [9.17, 15) is 8.42 Å². The lowest BCUT2D eigenvalue weighted by Gasteiger charge is -2.20. The molecule has 0 fully saturated rings. The summed E-state index contributed by atoms with van der Waals surface area (Å²) >= 11 is 2.13. The summed E-state index contributed by atoms with van der Waals surface area (Å²) in [4.78, 5) is 0.306. The van der Waals surface area contributed by atoms with E-state index in [0.717, 1.165) is 9.13 Å². The number of hydrogen-bond acceptors (Lipinski definition) is 2. The third-order valence-electron chi connectivity index (χ3n) is 2.87. The van der Waals surface area contributed by atoms with Crippen LogP contribution in [0.4, 0.5) is 5.69 Å². The van der Waals surface area contributed by atoms with E-state index in [1.165, 1.54) is 4.31 Å². The summed E-state index contributed by atoms with van der Waals surface area (Å²) < 4.78 is 27.3. The second-order valence-electron chi connectivity index (χ2n) is 4.24. The van der Waals surface area contributed by atoms with E-state index in [0.29, 0.717) is 10.6 Å². The van der Waals surface area contributed by atoms with Crippen molar-refractivity contribution in [3.05, 3.63) is 57.7 Å². The molecule has 0 aliphatic heterocycles. The van der Waals surface area contributed by atoms with E-state index in [4.69, 9.17) is 0 Å². The standard InChI is InChI=1S/C14H14INO2S/c1-11-7-9-12(10-8-11)19(17,18)16(2)14-6-4-3-5-13(14)15/h3-10H,1-2H3. The van der Waals surface area contributed by atoms with Gasteiger partial charge in [0.05, 0.1) is 10.6 Å². The molecule has 19 heavy (non-hydrogen) atoms. The summed E-state index contributed by atoms with van der Waals surface area (Å²) in [5.41, 5.74) is 1.72. The monoisotopic (exact) mass is 387 g/mol. The Morgan fingerprint density at radius 2 is 1.58 bits per heavy atom. The molecule has 0 amide bonds. The van der Waals surface area contributed by atoms with Crippen LogP contribution in [0.3, 0.4) is 0 Å². The lowest BCUT2D eigenvalue weighted by molar-refractivity contribution is 0.594. The number of benzene rings is 2. The molecule has 0 heterocycles. The number of aryl methyl sites for hydroxylation is 1. The molecule has 0 radical (unpaired) electrons. The number of nitrogens with zero attached hydrogens (tertiary/aromatic N) is 1. The molecule has 3 nitrogen and oxygen atoms in total. The largest absolute Gasteiger partial charge is 0.268 e. The van der Waals surface area contributed by atoms with Crippen molar-refractivity contribution in [1.29, 1.82) is 0 Å². The summed E-state index contributed by atoms with van der Waals surface area (Å²) in [6, 6.07) is 14.3. The lowest BCUT2D eigenvalue weighted by Crippen LogP contribution is -2.27. The maximum atomic E-state index is 12.5. The molecule has 0 unspecified atom stereocenters. The highest BCUT2D eigenvalue weighted by Crippen LogP contribution is 2.26. The van der Waals surface area contributed by atoms with Gasteiger partial charge in [0.2, 0.25) is 0 Å². The maximum absolute atomic E-state index is 12.5. The fourth-order valence-electron chi connectivity index (χ4n) is 1.70. The van der Waals surface area contributed by atoms with E-state index in [2.05, 4.69) is 22.6 Å². The normalized spacial score (nSPS) is 11.3. The van der Waals surface area contributed by atoms with Gasteiger partial charge < -0.3 is 0 Å². The second kappa shape index (κ2) is 5.50. The first kappa shape index (κ1) is 14.3. The molecule has 0 aliphatic carbocycles. The molecule has 0 atom stereocenters. The first-order valence-electron chi connectivity index (χ1n) is 5.73. The Morgan fingerprint density at radius 3 is 2.16 bits per heavy atom. The molecule has 0 N–H and O–H groups in total. The molecule has 0 saturated carbocycles. The molecular weight excluding hydrogens is 373 g/mol. The molecular formula is C14H14INO2S. The number of sulfonamides is 1. The fraction of sp³-hybridized carbons (Fsp3) is 0.143. The van der Waals surface area contributed by atoms with Crippen LogP contribution < -0.4 is 4.31 Å². The predicted octanol–water partition coefficient (Wildman–Crippen LogP) is 3.42. The van der Waals surface area contributed by atoms with Gasteiger partial charge in [0.25, 0.3) is 10.0 Å². The van der Waals surface area contributed by atoms with Crippen molar-refractivity contribution in [3.63, 3.8) is 0 Å².